The first kappa shape index (κ1) is 14.6. The minimum Gasteiger partial charge on any atom is -0.338 e. The molecule has 2 aromatic heterocycles. The van der Waals surface area contributed by atoms with Crippen LogP contribution < -0.4 is 0 Å². The molecule has 4 heteroatoms. The van der Waals surface area contributed by atoms with Crippen molar-refractivity contribution in [3.63, 3.8) is 0 Å². The molecule has 0 N–H and O–H groups in total. The molecular formula is C18H21N3O. The molecule has 2 heterocycles. The molecule has 0 bridgehead atoms. The van der Waals surface area contributed by atoms with Crippen molar-refractivity contribution in [2.45, 2.75) is 40.2 Å². The highest BCUT2D eigenvalue weighted by atomic mass is 16.2. The van der Waals surface area contributed by atoms with E-state index in [4.69, 9.17) is 0 Å². The van der Waals surface area contributed by atoms with Crippen LogP contribution in [0.3, 0.4) is 0 Å². The first-order valence-corrected chi connectivity index (χ1v) is 7.62. The molecule has 0 unspecified atom stereocenters. The van der Waals surface area contributed by atoms with Crippen molar-refractivity contribution in [2.75, 3.05) is 0 Å². The van der Waals surface area contributed by atoms with Gasteiger partial charge in [0.05, 0.1) is 5.69 Å². The molecule has 0 saturated carbocycles. The second-order valence-electron chi connectivity index (χ2n) is 6.05. The standard InChI is InChI=1S/C18H21N3O/c1-12(2)18-13(3)19-21(14(18)4)17(22)11-20-10-9-15-7-5-6-8-16(15)20/h5-10,12H,11H2,1-4H3. The minimum absolute atomic E-state index is 0.00569. The third kappa shape index (κ3) is 2.34. The van der Waals surface area contributed by atoms with Crippen molar-refractivity contribution >= 4 is 16.8 Å². The van der Waals surface area contributed by atoms with Crippen molar-refractivity contribution in [1.82, 2.24) is 14.3 Å². The van der Waals surface area contributed by atoms with E-state index in [0.29, 0.717) is 12.5 Å². The van der Waals surface area contributed by atoms with Crippen molar-refractivity contribution in [2.24, 2.45) is 0 Å². The average molecular weight is 295 g/mol. The highest BCUT2D eigenvalue weighted by Crippen LogP contribution is 2.23. The second kappa shape index (κ2) is 5.44. The summed E-state index contributed by atoms with van der Waals surface area (Å²) in [5.41, 5.74) is 4.14. The van der Waals surface area contributed by atoms with Gasteiger partial charge in [-0.1, -0.05) is 32.0 Å². The van der Waals surface area contributed by atoms with Crippen molar-refractivity contribution in [3.8, 4) is 0 Å². The number of nitrogens with zero attached hydrogens (tertiary/aromatic N) is 3. The molecule has 114 valence electrons. The first-order valence-electron chi connectivity index (χ1n) is 7.62. The Labute approximate surface area is 130 Å². The zero-order chi connectivity index (χ0) is 15.9. The van der Waals surface area contributed by atoms with Gasteiger partial charge in [0.1, 0.15) is 6.54 Å². The number of carbonyl (C=O) groups is 1. The van der Waals surface area contributed by atoms with E-state index in [2.05, 4.69) is 25.0 Å². The Hall–Kier alpha value is -2.36. The van der Waals surface area contributed by atoms with Gasteiger partial charge in [-0.25, -0.2) is 4.68 Å². The molecule has 0 aliphatic carbocycles. The molecule has 0 saturated heterocycles. The first-order chi connectivity index (χ1) is 10.5. The van der Waals surface area contributed by atoms with Gasteiger partial charge in [-0.2, -0.15) is 5.10 Å². The average Bonchev–Trinajstić information content (AvgIpc) is 3.00. The maximum Gasteiger partial charge on any atom is 0.267 e. The largest absolute Gasteiger partial charge is 0.338 e. The van der Waals surface area contributed by atoms with E-state index in [1.165, 1.54) is 5.56 Å². The van der Waals surface area contributed by atoms with Gasteiger partial charge in [0.25, 0.3) is 5.91 Å². The predicted molar refractivity (Wildman–Crippen MR) is 88.4 cm³/mol. The fourth-order valence-corrected chi connectivity index (χ4v) is 3.22. The number of benzene rings is 1. The molecule has 0 atom stereocenters. The lowest BCUT2D eigenvalue weighted by atomic mass is 10.0. The lowest BCUT2D eigenvalue weighted by molar-refractivity contribution is 0.0874. The van der Waals surface area contributed by atoms with Gasteiger partial charge >= 0.3 is 0 Å². The summed E-state index contributed by atoms with van der Waals surface area (Å²) in [6.07, 6.45) is 1.96. The summed E-state index contributed by atoms with van der Waals surface area (Å²) in [5.74, 6) is 0.364. The summed E-state index contributed by atoms with van der Waals surface area (Å²) in [6.45, 7) is 8.50. The maximum absolute atomic E-state index is 12.6. The van der Waals surface area contributed by atoms with E-state index < -0.39 is 0 Å². The molecule has 1 aromatic carbocycles. The molecule has 0 radical (unpaired) electrons. The fraction of sp³-hybridized carbons (Fsp3) is 0.333. The van der Waals surface area contributed by atoms with E-state index in [1.54, 1.807) is 4.68 Å². The maximum atomic E-state index is 12.6. The number of carbonyl (C=O) groups excluding carboxylic acids is 1. The highest BCUT2D eigenvalue weighted by Gasteiger charge is 2.19. The quantitative estimate of drug-likeness (QED) is 0.734. The van der Waals surface area contributed by atoms with Crippen LogP contribution in [0, 0.1) is 13.8 Å². The molecule has 22 heavy (non-hydrogen) atoms. The SMILES string of the molecule is Cc1nn(C(=O)Cn2ccc3ccccc32)c(C)c1C(C)C. The Balaban J connectivity index is 1.94. The molecule has 3 aromatic rings. The summed E-state index contributed by atoms with van der Waals surface area (Å²) < 4.78 is 3.53. The van der Waals surface area contributed by atoms with Gasteiger partial charge in [0.15, 0.2) is 0 Å². The van der Waals surface area contributed by atoms with Crippen LogP contribution in [-0.4, -0.2) is 20.3 Å². The van der Waals surface area contributed by atoms with Crippen LogP contribution in [-0.2, 0) is 6.54 Å². The van der Waals surface area contributed by atoms with Crippen LogP contribution in [0.2, 0.25) is 0 Å². The van der Waals surface area contributed by atoms with Crippen LogP contribution in [0.5, 0.6) is 0 Å². The monoisotopic (exact) mass is 295 g/mol. The summed E-state index contributed by atoms with van der Waals surface area (Å²) >= 11 is 0. The van der Waals surface area contributed by atoms with Crippen molar-refractivity contribution in [1.29, 1.82) is 0 Å². The van der Waals surface area contributed by atoms with Crippen LogP contribution in [0.25, 0.3) is 10.9 Å². The number of hydrogen-bond donors (Lipinski definition) is 0. The summed E-state index contributed by atoms with van der Waals surface area (Å²) in [5, 5.41) is 5.59. The third-order valence-electron chi connectivity index (χ3n) is 4.15. The van der Waals surface area contributed by atoms with Crippen LogP contribution >= 0.6 is 0 Å². The van der Waals surface area contributed by atoms with Crippen LogP contribution in [0.1, 0.15) is 41.5 Å². The summed E-state index contributed by atoms with van der Waals surface area (Å²) in [4.78, 5) is 12.6. The molecule has 0 fully saturated rings. The van der Waals surface area contributed by atoms with E-state index in [0.717, 1.165) is 22.3 Å². The lowest BCUT2D eigenvalue weighted by Gasteiger charge is -2.08. The lowest BCUT2D eigenvalue weighted by Crippen LogP contribution is -2.20. The molecule has 3 rings (SSSR count). The highest BCUT2D eigenvalue weighted by molar-refractivity contribution is 5.84. The number of rotatable bonds is 3. The molecule has 0 spiro atoms. The summed E-state index contributed by atoms with van der Waals surface area (Å²) in [6, 6.07) is 10.1. The Bertz CT molecular complexity index is 839. The summed E-state index contributed by atoms with van der Waals surface area (Å²) in [7, 11) is 0. The van der Waals surface area contributed by atoms with Gasteiger partial charge in [0, 0.05) is 17.4 Å². The van der Waals surface area contributed by atoms with Gasteiger partial charge in [-0.15, -0.1) is 0 Å². The molecular weight excluding hydrogens is 274 g/mol. The van der Waals surface area contributed by atoms with Gasteiger partial charge in [-0.05, 0) is 42.8 Å². The van der Waals surface area contributed by atoms with E-state index in [1.807, 2.05) is 48.9 Å². The predicted octanol–water partition coefficient (Wildman–Crippen LogP) is 3.92. The molecule has 0 aliphatic rings. The van der Waals surface area contributed by atoms with Gasteiger partial charge in [-0.3, -0.25) is 4.79 Å². The minimum atomic E-state index is -0.00569. The van der Waals surface area contributed by atoms with Crippen molar-refractivity contribution in [3.05, 3.63) is 53.5 Å². The third-order valence-corrected chi connectivity index (χ3v) is 4.15. The topological polar surface area (TPSA) is 39.8 Å². The van der Waals surface area contributed by atoms with E-state index >= 15 is 0 Å². The number of aromatic nitrogens is 3. The van der Waals surface area contributed by atoms with E-state index in [-0.39, 0.29) is 5.91 Å². The zero-order valence-corrected chi connectivity index (χ0v) is 13.5. The fourth-order valence-electron chi connectivity index (χ4n) is 3.22. The smallest absolute Gasteiger partial charge is 0.267 e. The molecule has 0 aliphatic heterocycles. The second-order valence-corrected chi connectivity index (χ2v) is 6.05. The Kier molecular flexibility index (Phi) is 3.61. The molecule has 0 amide bonds. The Morgan fingerprint density at radius 2 is 1.91 bits per heavy atom. The number of fused-ring (bicyclic) bond motifs is 1. The van der Waals surface area contributed by atoms with Gasteiger partial charge in [0.2, 0.25) is 0 Å². The number of para-hydroxylation sites is 1. The zero-order valence-electron chi connectivity index (χ0n) is 13.5. The van der Waals surface area contributed by atoms with Crippen molar-refractivity contribution < 1.29 is 4.79 Å². The normalized spacial score (nSPS) is 11.5. The number of aryl methyl sites for hydroxylation is 1. The molecule has 4 nitrogen and oxygen atoms in total. The Morgan fingerprint density at radius 1 is 1.18 bits per heavy atom. The van der Waals surface area contributed by atoms with Gasteiger partial charge < -0.3 is 4.57 Å². The Morgan fingerprint density at radius 3 is 2.59 bits per heavy atom. The van der Waals surface area contributed by atoms with Crippen LogP contribution in [0.4, 0.5) is 0 Å². The van der Waals surface area contributed by atoms with E-state index in [9.17, 15) is 4.79 Å². The number of hydrogen-bond acceptors (Lipinski definition) is 2. The van der Waals surface area contributed by atoms with Crippen LogP contribution in [0.15, 0.2) is 36.5 Å².